The molecule has 0 aliphatic rings. The van der Waals surface area contributed by atoms with E-state index in [1.54, 1.807) is 18.5 Å². The number of carbonyl (C=O) groups excluding carboxylic acids is 1. The third-order valence-corrected chi connectivity index (χ3v) is 3.59. The molecule has 0 fully saturated rings. The quantitative estimate of drug-likeness (QED) is 0.670. The molecular weight excluding hydrogens is 262 g/mol. The lowest BCUT2D eigenvalue weighted by Gasteiger charge is -1.96. The summed E-state index contributed by atoms with van der Waals surface area (Å²) >= 11 is 1.47. The molecule has 3 aromatic heterocycles. The fourth-order valence-corrected chi connectivity index (χ4v) is 2.60. The van der Waals surface area contributed by atoms with Gasteiger partial charge in [0, 0.05) is 6.20 Å². The summed E-state index contributed by atoms with van der Waals surface area (Å²) in [7, 11) is 1.33. The monoisotopic (exact) mass is 271 g/mol. The number of pyridine rings is 2. The van der Waals surface area contributed by atoms with Crippen LogP contribution in [0.5, 0.6) is 0 Å². The molecule has 0 N–H and O–H groups in total. The van der Waals surface area contributed by atoms with Gasteiger partial charge in [0.25, 0.3) is 0 Å². The summed E-state index contributed by atoms with van der Waals surface area (Å²) in [5.41, 5.74) is 1.84. The van der Waals surface area contributed by atoms with Crippen molar-refractivity contribution in [3.63, 3.8) is 0 Å². The Morgan fingerprint density at radius 2 is 2.21 bits per heavy atom. The van der Waals surface area contributed by atoms with E-state index in [9.17, 15) is 4.79 Å². The van der Waals surface area contributed by atoms with Crippen LogP contribution >= 0.6 is 11.3 Å². The van der Waals surface area contributed by atoms with Crippen LogP contribution in [0.3, 0.4) is 0 Å². The van der Waals surface area contributed by atoms with Crippen LogP contribution in [0.15, 0.2) is 36.7 Å². The summed E-state index contributed by atoms with van der Waals surface area (Å²) in [5.74, 6) is -0.449. The zero-order valence-corrected chi connectivity index (χ0v) is 10.8. The first-order valence-corrected chi connectivity index (χ1v) is 6.36. The van der Waals surface area contributed by atoms with Crippen molar-refractivity contribution in [2.45, 2.75) is 0 Å². The topological polar surface area (TPSA) is 65.0 Å². The second-order valence-electron chi connectivity index (χ2n) is 3.76. The Morgan fingerprint density at radius 1 is 1.32 bits per heavy atom. The third-order valence-electron chi connectivity index (χ3n) is 2.55. The Balaban J connectivity index is 2.09. The molecule has 5 nitrogen and oxygen atoms in total. The van der Waals surface area contributed by atoms with E-state index >= 15 is 0 Å². The number of methoxy groups -OCH3 is 1. The maximum atomic E-state index is 11.4. The van der Waals surface area contributed by atoms with Crippen LogP contribution in [0.2, 0.25) is 0 Å². The Hall–Kier alpha value is -2.34. The minimum Gasteiger partial charge on any atom is -0.464 e. The van der Waals surface area contributed by atoms with Gasteiger partial charge in [-0.3, -0.25) is 4.98 Å². The molecule has 0 aliphatic heterocycles. The van der Waals surface area contributed by atoms with E-state index in [0.717, 1.165) is 20.9 Å². The predicted molar refractivity (Wildman–Crippen MR) is 72.0 cm³/mol. The van der Waals surface area contributed by atoms with Gasteiger partial charge in [-0.05, 0) is 18.2 Å². The fraction of sp³-hybridized carbons (Fsp3) is 0.0769. The van der Waals surface area contributed by atoms with Gasteiger partial charge in [-0.25, -0.2) is 14.8 Å². The summed E-state index contributed by atoms with van der Waals surface area (Å²) in [5, 5.41) is 0.805. The second-order valence-corrected chi connectivity index (χ2v) is 4.79. The van der Waals surface area contributed by atoms with Crippen molar-refractivity contribution in [2.24, 2.45) is 0 Å². The largest absolute Gasteiger partial charge is 0.464 e. The maximum Gasteiger partial charge on any atom is 0.356 e. The first-order valence-electron chi connectivity index (χ1n) is 5.54. The lowest BCUT2D eigenvalue weighted by Crippen LogP contribution is -2.03. The van der Waals surface area contributed by atoms with Crippen LogP contribution in [0, 0.1) is 0 Å². The Morgan fingerprint density at radius 3 is 2.95 bits per heavy atom. The number of carbonyl (C=O) groups is 1. The number of fused-ring (bicyclic) bond motifs is 1. The zero-order valence-electron chi connectivity index (χ0n) is 10.0. The molecule has 3 aromatic rings. The Labute approximate surface area is 112 Å². The van der Waals surface area contributed by atoms with E-state index < -0.39 is 5.97 Å². The number of hydrogen-bond acceptors (Lipinski definition) is 6. The minimum absolute atomic E-state index is 0.284. The summed E-state index contributed by atoms with van der Waals surface area (Å²) in [6.45, 7) is 0. The number of aromatic nitrogens is 3. The number of nitrogens with zero attached hydrogens (tertiary/aromatic N) is 3. The number of ether oxygens (including phenoxy) is 1. The summed E-state index contributed by atoms with van der Waals surface area (Å²) in [6, 6.07) is 7.35. The van der Waals surface area contributed by atoms with E-state index in [-0.39, 0.29) is 5.69 Å². The molecule has 0 radical (unpaired) electrons. The smallest absolute Gasteiger partial charge is 0.356 e. The predicted octanol–water partition coefficient (Wildman–Crippen LogP) is 2.54. The van der Waals surface area contributed by atoms with Gasteiger partial charge in [0.1, 0.15) is 16.2 Å². The number of esters is 1. The molecule has 3 rings (SSSR count). The zero-order chi connectivity index (χ0) is 13.2. The number of thiazole rings is 1. The second kappa shape index (κ2) is 4.74. The van der Waals surface area contributed by atoms with Gasteiger partial charge in [0.2, 0.25) is 0 Å². The summed E-state index contributed by atoms with van der Waals surface area (Å²) < 4.78 is 5.53. The minimum atomic E-state index is -0.449. The molecule has 0 spiro atoms. The van der Waals surface area contributed by atoms with E-state index in [1.807, 2.05) is 18.2 Å². The molecule has 94 valence electrons. The molecule has 0 saturated heterocycles. The summed E-state index contributed by atoms with van der Waals surface area (Å²) in [4.78, 5) is 24.2. The fourth-order valence-electron chi connectivity index (χ4n) is 1.65. The number of hydrogen-bond donors (Lipinski definition) is 0. The molecule has 3 heterocycles. The van der Waals surface area contributed by atoms with Gasteiger partial charge in [-0.2, -0.15) is 0 Å². The molecule has 0 unspecified atom stereocenters. The van der Waals surface area contributed by atoms with E-state index in [4.69, 9.17) is 0 Å². The van der Waals surface area contributed by atoms with Gasteiger partial charge in [0.15, 0.2) is 0 Å². The van der Waals surface area contributed by atoms with Crippen molar-refractivity contribution in [3.05, 3.63) is 42.4 Å². The van der Waals surface area contributed by atoms with E-state index in [0.29, 0.717) is 0 Å². The van der Waals surface area contributed by atoms with Gasteiger partial charge in [0.05, 0.1) is 23.7 Å². The van der Waals surface area contributed by atoms with E-state index in [1.165, 1.54) is 18.4 Å². The van der Waals surface area contributed by atoms with Crippen LogP contribution < -0.4 is 0 Å². The molecular formula is C13H9N3O2S. The first kappa shape index (κ1) is 11.7. The van der Waals surface area contributed by atoms with Crippen LogP contribution in [0.25, 0.3) is 20.9 Å². The van der Waals surface area contributed by atoms with Crippen molar-refractivity contribution >= 4 is 27.5 Å². The van der Waals surface area contributed by atoms with Gasteiger partial charge >= 0.3 is 5.97 Å². The van der Waals surface area contributed by atoms with Crippen LogP contribution in [0.1, 0.15) is 10.5 Å². The van der Waals surface area contributed by atoms with Crippen LogP contribution in [-0.2, 0) is 4.74 Å². The SMILES string of the molecule is COC(=O)c1cc2sc(-c3ccccn3)nc2cn1. The van der Waals surface area contributed by atoms with Crippen LogP contribution in [-0.4, -0.2) is 28.0 Å². The van der Waals surface area contributed by atoms with Crippen molar-refractivity contribution in [3.8, 4) is 10.7 Å². The Bertz CT molecular complexity index is 740. The van der Waals surface area contributed by atoms with Gasteiger partial charge in [-0.1, -0.05) is 6.07 Å². The van der Waals surface area contributed by atoms with Crippen molar-refractivity contribution in [2.75, 3.05) is 7.11 Å². The van der Waals surface area contributed by atoms with Crippen molar-refractivity contribution in [1.82, 2.24) is 15.0 Å². The molecule has 0 bridgehead atoms. The van der Waals surface area contributed by atoms with E-state index in [2.05, 4.69) is 19.7 Å². The van der Waals surface area contributed by atoms with Gasteiger partial charge in [-0.15, -0.1) is 11.3 Å². The highest BCUT2D eigenvalue weighted by atomic mass is 32.1. The normalized spacial score (nSPS) is 10.6. The van der Waals surface area contributed by atoms with Crippen molar-refractivity contribution in [1.29, 1.82) is 0 Å². The molecule has 0 amide bonds. The summed E-state index contributed by atoms with van der Waals surface area (Å²) in [6.07, 6.45) is 3.30. The highest BCUT2D eigenvalue weighted by Crippen LogP contribution is 2.28. The molecule has 0 atom stereocenters. The molecule has 0 saturated carbocycles. The third kappa shape index (κ3) is 2.17. The lowest BCUT2D eigenvalue weighted by atomic mass is 10.3. The maximum absolute atomic E-state index is 11.4. The highest BCUT2D eigenvalue weighted by molar-refractivity contribution is 7.21. The molecule has 0 aromatic carbocycles. The number of rotatable bonds is 2. The first-order chi connectivity index (χ1) is 9.28. The average Bonchev–Trinajstić information content (AvgIpc) is 2.90. The van der Waals surface area contributed by atoms with Crippen LogP contribution in [0.4, 0.5) is 0 Å². The van der Waals surface area contributed by atoms with Gasteiger partial charge < -0.3 is 4.74 Å². The van der Waals surface area contributed by atoms with Crippen molar-refractivity contribution < 1.29 is 9.53 Å². The molecule has 0 aliphatic carbocycles. The molecule has 6 heteroatoms. The molecule has 19 heavy (non-hydrogen) atoms. The Kier molecular flexibility index (Phi) is 2.92. The highest BCUT2D eigenvalue weighted by Gasteiger charge is 2.12. The average molecular weight is 271 g/mol. The lowest BCUT2D eigenvalue weighted by molar-refractivity contribution is 0.0594. The standard InChI is InChI=1S/C13H9N3O2S/c1-18-13(17)9-6-11-10(7-15-9)16-12(19-11)8-4-2-3-5-14-8/h2-7H,1H3.